The third-order valence-electron chi connectivity index (χ3n) is 2.68. The van der Waals surface area contributed by atoms with Gasteiger partial charge in [0.2, 0.25) is 0 Å². The fraction of sp³-hybridized carbons (Fsp3) is 0.692. The van der Waals surface area contributed by atoms with E-state index in [9.17, 15) is 4.79 Å². The van der Waals surface area contributed by atoms with Crippen LogP contribution in [-0.4, -0.2) is 16.1 Å². The third kappa shape index (κ3) is 6.41. The number of carbonyl (C=O) groups is 1. The van der Waals surface area contributed by atoms with Crippen LogP contribution in [0.2, 0.25) is 0 Å². The van der Waals surface area contributed by atoms with Crippen molar-refractivity contribution in [3.8, 4) is 0 Å². The Bertz CT molecular complexity index is 336. The number of unbranched alkanes of at least 4 members (excludes halogenated alkanes) is 5. The summed E-state index contributed by atoms with van der Waals surface area (Å²) < 4.78 is 0. The predicted molar refractivity (Wildman–Crippen MR) is 70.5 cm³/mol. The van der Waals surface area contributed by atoms with Gasteiger partial charge in [-0.3, -0.25) is 4.79 Å². The largest absolute Gasteiger partial charge is 0.481 e. The van der Waals surface area contributed by atoms with Gasteiger partial charge >= 0.3 is 5.97 Å². The van der Waals surface area contributed by atoms with Gasteiger partial charge in [0.05, 0.1) is 6.42 Å². The van der Waals surface area contributed by atoms with Gasteiger partial charge in [-0.1, -0.05) is 39.0 Å². The molecule has 0 aromatic carbocycles. The van der Waals surface area contributed by atoms with Crippen LogP contribution in [0.1, 0.15) is 55.3 Å². The number of rotatable bonds is 9. The molecule has 0 bridgehead atoms. The Morgan fingerprint density at radius 3 is 2.71 bits per heavy atom. The first-order valence-corrected chi connectivity index (χ1v) is 7.19. The Kier molecular flexibility index (Phi) is 6.86. The molecule has 0 spiro atoms. The maximum absolute atomic E-state index is 10.5. The van der Waals surface area contributed by atoms with Crippen molar-refractivity contribution < 1.29 is 9.90 Å². The van der Waals surface area contributed by atoms with Crippen LogP contribution in [0.15, 0.2) is 6.20 Å². The van der Waals surface area contributed by atoms with Gasteiger partial charge < -0.3 is 5.11 Å². The van der Waals surface area contributed by atoms with Gasteiger partial charge in [0.15, 0.2) is 0 Å². The summed E-state index contributed by atoms with van der Waals surface area (Å²) in [5.41, 5.74) is 0. The van der Waals surface area contributed by atoms with E-state index in [0.29, 0.717) is 0 Å². The molecule has 1 N–H and O–H groups in total. The molecule has 0 radical (unpaired) electrons. The van der Waals surface area contributed by atoms with Crippen LogP contribution in [0.5, 0.6) is 0 Å². The van der Waals surface area contributed by atoms with Gasteiger partial charge in [0.1, 0.15) is 5.01 Å². The van der Waals surface area contributed by atoms with E-state index in [1.54, 1.807) is 0 Å². The van der Waals surface area contributed by atoms with Crippen molar-refractivity contribution in [3.63, 3.8) is 0 Å². The summed E-state index contributed by atoms with van der Waals surface area (Å²) in [5.74, 6) is -0.800. The standard InChI is InChI=1S/C13H21NO2S/c1-2-3-4-5-6-7-8-11-10-14-12(17-11)9-13(15)16/h10H,2-9H2,1H3,(H,15,16). The van der Waals surface area contributed by atoms with Crippen LogP contribution in [0.25, 0.3) is 0 Å². The summed E-state index contributed by atoms with van der Waals surface area (Å²) >= 11 is 1.54. The molecular formula is C13H21NO2S. The van der Waals surface area contributed by atoms with E-state index in [-0.39, 0.29) is 6.42 Å². The molecule has 1 aromatic heterocycles. The minimum Gasteiger partial charge on any atom is -0.481 e. The van der Waals surface area contributed by atoms with E-state index in [1.165, 1.54) is 54.7 Å². The first kappa shape index (κ1) is 14.2. The molecule has 1 heterocycles. The lowest BCUT2D eigenvalue weighted by Gasteiger charge is -1.98. The number of aromatic nitrogens is 1. The molecule has 0 aliphatic carbocycles. The Hall–Kier alpha value is -0.900. The number of thiazole rings is 1. The number of aliphatic carboxylic acids is 1. The first-order valence-electron chi connectivity index (χ1n) is 6.37. The maximum atomic E-state index is 10.5. The fourth-order valence-electron chi connectivity index (χ4n) is 1.75. The van der Waals surface area contributed by atoms with E-state index < -0.39 is 5.97 Å². The van der Waals surface area contributed by atoms with Gasteiger partial charge in [-0.25, -0.2) is 4.98 Å². The number of aryl methyl sites for hydroxylation is 1. The highest BCUT2D eigenvalue weighted by atomic mass is 32.1. The zero-order valence-corrected chi connectivity index (χ0v) is 11.3. The smallest absolute Gasteiger partial charge is 0.310 e. The third-order valence-corrected chi connectivity index (χ3v) is 3.74. The monoisotopic (exact) mass is 255 g/mol. The van der Waals surface area contributed by atoms with E-state index in [2.05, 4.69) is 11.9 Å². The van der Waals surface area contributed by atoms with Crippen LogP contribution in [0.3, 0.4) is 0 Å². The van der Waals surface area contributed by atoms with Gasteiger partial charge in [-0.2, -0.15) is 0 Å². The lowest BCUT2D eigenvalue weighted by molar-refractivity contribution is -0.136. The number of hydrogen-bond acceptors (Lipinski definition) is 3. The second kappa shape index (κ2) is 8.23. The molecule has 3 nitrogen and oxygen atoms in total. The van der Waals surface area contributed by atoms with Crippen molar-refractivity contribution in [2.45, 2.75) is 58.3 Å². The minimum atomic E-state index is -0.800. The second-order valence-corrected chi connectivity index (χ2v) is 5.51. The molecule has 1 rings (SSSR count). The lowest BCUT2D eigenvalue weighted by atomic mass is 10.1. The number of nitrogens with zero attached hydrogens (tertiary/aromatic N) is 1. The van der Waals surface area contributed by atoms with Crippen LogP contribution in [-0.2, 0) is 17.6 Å². The zero-order valence-electron chi connectivity index (χ0n) is 10.4. The Morgan fingerprint density at radius 2 is 2.00 bits per heavy atom. The van der Waals surface area contributed by atoms with Crippen molar-refractivity contribution in [1.29, 1.82) is 0 Å². The summed E-state index contributed by atoms with van der Waals surface area (Å²) in [4.78, 5) is 15.8. The molecule has 0 atom stereocenters. The highest BCUT2D eigenvalue weighted by Crippen LogP contribution is 2.17. The summed E-state index contributed by atoms with van der Waals surface area (Å²) in [6.45, 7) is 2.22. The highest BCUT2D eigenvalue weighted by Gasteiger charge is 2.05. The van der Waals surface area contributed by atoms with Crippen molar-refractivity contribution in [2.24, 2.45) is 0 Å². The second-order valence-electron chi connectivity index (χ2n) is 4.31. The van der Waals surface area contributed by atoms with Gasteiger partial charge in [-0.05, 0) is 12.8 Å². The van der Waals surface area contributed by atoms with Gasteiger partial charge in [0, 0.05) is 11.1 Å². The zero-order chi connectivity index (χ0) is 12.5. The van der Waals surface area contributed by atoms with E-state index in [4.69, 9.17) is 5.11 Å². The molecule has 0 aliphatic heterocycles. The number of carboxylic acid groups (broad SMARTS) is 1. The summed E-state index contributed by atoms with van der Waals surface area (Å²) in [6.07, 6.45) is 10.7. The van der Waals surface area contributed by atoms with Crippen molar-refractivity contribution in [3.05, 3.63) is 16.1 Å². The molecule has 17 heavy (non-hydrogen) atoms. The molecule has 4 heteroatoms. The topological polar surface area (TPSA) is 50.2 Å². The van der Waals surface area contributed by atoms with Crippen LogP contribution < -0.4 is 0 Å². The normalized spacial score (nSPS) is 10.6. The quantitative estimate of drug-likeness (QED) is 0.685. The van der Waals surface area contributed by atoms with E-state index in [1.807, 2.05) is 6.20 Å². The summed E-state index contributed by atoms with van der Waals surface area (Å²) in [7, 11) is 0. The molecule has 0 saturated carbocycles. The van der Waals surface area contributed by atoms with Crippen LogP contribution >= 0.6 is 11.3 Å². The molecule has 0 amide bonds. The predicted octanol–water partition coefficient (Wildman–Crippen LogP) is 3.67. The average molecular weight is 255 g/mol. The van der Waals surface area contributed by atoms with Gasteiger partial charge in [-0.15, -0.1) is 11.3 Å². The summed E-state index contributed by atoms with van der Waals surface area (Å²) in [5, 5.41) is 9.36. The van der Waals surface area contributed by atoms with Crippen LogP contribution in [0.4, 0.5) is 0 Å². The van der Waals surface area contributed by atoms with E-state index >= 15 is 0 Å². The lowest BCUT2D eigenvalue weighted by Crippen LogP contribution is -1.98. The molecule has 96 valence electrons. The SMILES string of the molecule is CCCCCCCCc1cnc(CC(=O)O)s1. The first-order chi connectivity index (χ1) is 8.22. The molecule has 0 unspecified atom stereocenters. The molecular weight excluding hydrogens is 234 g/mol. The summed E-state index contributed by atoms with van der Waals surface area (Å²) in [6, 6.07) is 0. The van der Waals surface area contributed by atoms with E-state index in [0.717, 1.165) is 11.4 Å². The minimum absolute atomic E-state index is 0.0567. The average Bonchev–Trinajstić information content (AvgIpc) is 2.70. The Labute approximate surface area is 107 Å². The Balaban J connectivity index is 2.14. The number of hydrogen-bond donors (Lipinski definition) is 1. The van der Waals surface area contributed by atoms with Crippen molar-refractivity contribution in [1.82, 2.24) is 4.98 Å². The van der Waals surface area contributed by atoms with Gasteiger partial charge in [0.25, 0.3) is 0 Å². The molecule has 0 saturated heterocycles. The fourth-order valence-corrected chi connectivity index (χ4v) is 2.71. The molecule has 0 fully saturated rings. The highest BCUT2D eigenvalue weighted by molar-refractivity contribution is 7.11. The van der Waals surface area contributed by atoms with Crippen molar-refractivity contribution in [2.75, 3.05) is 0 Å². The molecule has 1 aromatic rings. The number of carboxylic acids is 1. The van der Waals surface area contributed by atoms with Crippen molar-refractivity contribution >= 4 is 17.3 Å². The Morgan fingerprint density at radius 1 is 1.29 bits per heavy atom. The molecule has 0 aliphatic rings. The van der Waals surface area contributed by atoms with Crippen LogP contribution in [0, 0.1) is 0 Å². The maximum Gasteiger partial charge on any atom is 0.310 e.